The van der Waals surface area contributed by atoms with E-state index in [1.54, 1.807) is 0 Å². The van der Waals surface area contributed by atoms with Gasteiger partial charge >= 0.3 is 19.8 Å². The number of allylic oxidation sites excluding steroid dienone is 10. The summed E-state index contributed by atoms with van der Waals surface area (Å²) >= 11 is 0. The van der Waals surface area contributed by atoms with Crippen LogP contribution in [0.25, 0.3) is 0 Å². The number of unbranched alkanes of at least 4 members (excludes halogenated alkanes) is 13. The van der Waals surface area contributed by atoms with Crippen molar-refractivity contribution in [3.05, 3.63) is 60.8 Å². The number of aliphatic hydroxyl groups is 5. The Bertz CT molecular complexity index is 1270. The molecule has 13 nitrogen and oxygen atoms in total. The molecule has 1 fully saturated rings. The van der Waals surface area contributed by atoms with Gasteiger partial charge in [0.25, 0.3) is 0 Å². The summed E-state index contributed by atoms with van der Waals surface area (Å²) in [5, 5.41) is 50.1. The molecule has 59 heavy (non-hydrogen) atoms. The van der Waals surface area contributed by atoms with E-state index in [0.717, 1.165) is 77.0 Å². The molecule has 1 rings (SSSR count). The van der Waals surface area contributed by atoms with Crippen LogP contribution in [0.2, 0.25) is 0 Å². The molecule has 6 N–H and O–H groups in total. The summed E-state index contributed by atoms with van der Waals surface area (Å²) in [6.07, 6.45) is 28.5. The number of esters is 2. The molecule has 340 valence electrons. The van der Waals surface area contributed by atoms with Crippen molar-refractivity contribution in [1.82, 2.24) is 0 Å². The zero-order valence-corrected chi connectivity index (χ0v) is 36.7. The van der Waals surface area contributed by atoms with Gasteiger partial charge in [0.1, 0.15) is 43.2 Å². The summed E-state index contributed by atoms with van der Waals surface area (Å²) in [5.41, 5.74) is 0. The van der Waals surface area contributed by atoms with Crippen LogP contribution in [-0.2, 0) is 32.7 Å². The molecule has 0 aromatic carbocycles. The highest BCUT2D eigenvalue weighted by Crippen LogP contribution is 2.47. The number of rotatable bonds is 35. The van der Waals surface area contributed by atoms with Crippen molar-refractivity contribution in [1.29, 1.82) is 0 Å². The van der Waals surface area contributed by atoms with Gasteiger partial charge in [-0.2, -0.15) is 0 Å². The fraction of sp³-hybridized carbons (Fsp3) is 0.733. The molecule has 0 aromatic heterocycles. The Kier molecular flexibility index (Phi) is 32.5. The van der Waals surface area contributed by atoms with Crippen molar-refractivity contribution in [2.24, 2.45) is 0 Å². The maximum Gasteiger partial charge on any atom is 0.472 e. The predicted molar refractivity (Wildman–Crippen MR) is 230 cm³/mol. The smallest absolute Gasteiger partial charge is 0.462 e. The third kappa shape index (κ3) is 27.9. The van der Waals surface area contributed by atoms with E-state index in [4.69, 9.17) is 18.5 Å². The maximum absolute atomic E-state index is 12.8. The van der Waals surface area contributed by atoms with E-state index in [-0.39, 0.29) is 12.8 Å². The fourth-order valence-electron chi connectivity index (χ4n) is 6.27. The summed E-state index contributed by atoms with van der Waals surface area (Å²) in [6, 6.07) is 0. The van der Waals surface area contributed by atoms with Gasteiger partial charge in [0.2, 0.25) is 0 Å². The minimum atomic E-state index is -5.13. The van der Waals surface area contributed by atoms with Gasteiger partial charge in [-0.3, -0.25) is 18.6 Å². The Morgan fingerprint density at radius 2 is 0.966 bits per heavy atom. The molecular formula is C45H77O13P. The van der Waals surface area contributed by atoms with E-state index in [0.29, 0.717) is 12.8 Å². The molecule has 8 atom stereocenters. The Labute approximate surface area is 353 Å². The molecular weight excluding hydrogens is 779 g/mol. The summed E-state index contributed by atoms with van der Waals surface area (Å²) in [7, 11) is -5.13. The number of carbonyl (C=O) groups is 2. The standard InChI is InChI=1S/C45H77O13P/c1-3-5-7-9-11-13-15-17-19-21-23-25-27-29-31-33-38(46)55-35-37(36-56-59(53,54)58-45-43(51)41(49)40(48)42(50)44(45)52)57-39(47)34-32-30-28-26-24-22-20-18-16-14-12-10-8-6-4-2/h5,7,11,13,17-20,24,26,37,40-45,48-52H,3-4,6,8-10,12,14-16,21-23,25,27-36H2,1-2H3,(H,53,54)/b7-5+,13-11+,19-17+,20-18+,26-24+/t37-,40?,41-,42?,43?,44?,45?/m1/s1. The van der Waals surface area contributed by atoms with E-state index in [1.165, 1.54) is 38.5 Å². The molecule has 0 bridgehead atoms. The van der Waals surface area contributed by atoms with Crippen LogP contribution in [0.3, 0.4) is 0 Å². The summed E-state index contributed by atoms with van der Waals surface area (Å²) in [4.78, 5) is 35.6. The van der Waals surface area contributed by atoms with Crippen molar-refractivity contribution in [3.63, 3.8) is 0 Å². The van der Waals surface area contributed by atoms with Gasteiger partial charge in [-0.1, -0.05) is 126 Å². The van der Waals surface area contributed by atoms with Gasteiger partial charge < -0.3 is 39.9 Å². The monoisotopic (exact) mass is 857 g/mol. The minimum Gasteiger partial charge on any atom is -0.462 e. The van der Waals surface area contributed by atoms with Crippen molar-refractivity contribution in [2.75, 3.05) is 13.2 Å². The molecule has 1 aliphatic rings. The molecule has 0 aromatic rings. The van der Waals surface area contributed by atoms with Gasteiger partial charge in [0, 0.05) is 12.8 Å². The molecule has 14 heteroatoms. The van der Waals surface area contributed by atoms with E-state index in [9.17, 15) is 44.6 Å². The third-order valence-corrected chi connectivity index (χ3v) is 10.8. The van der Waals surface area contributed by atoms with Crippen LogP contribution in [0.1, 0.15) is 155 Å². The second-order valence-corrected chi connectivity index (χ2v) is 16.6. The average molecular weight is 857 g/mol. The number of ether oxygens (including phenoxy) is 2. The first-order chi connectivity index (χ1) is 28.4. The van der Waals surface area contributed by atoms with Crippen LogP contribution in [-0.4, -0.2) is 98.3 Å². The van der Waals surface area contributed by atoms with Crippen molar-refractivity contribution in [3.8, 4) is 0 Å². The van der Waals surface area contributed by atoms with Gasteiger partial charge in [-0.15, -0.1) is 0 Å². The highest BCUT2D eigenvalue weighted by molar-refractivity contribution is 7.47. The third-order valence-electron chi connectivity index (χ3n) is 9.84. The Morgan fingerprint density at radius 3 is 1.51 bits per heavy atom. The summed E-state index contributed by atoms with van der Waals surface area (Å²) in [5.74, 6) is -1.16. The van der Waals surface area contributed by atoms with E-state index >= 15 is 0 Å². The van der Waals surface area contributed by atoms with Crippen molar-refractivity contribution < 1.29 is 63.1 Å². The number of hydrogen-bond acceptors (Lipinski definition) is 12. The van der Waals surface area contributed by atoms with Gasteiger partial charge in [-0.05, 0) is 77.0 Å². The van der Waals surface area contributed by atoms with E-state index in [2.05, 4.69) is 74.6 Å². The maximum atomic E-state index is 12.8. The first kappa shape index (κ1) is 54.6. The van der Waals surface area contributed by atoms with E-state index < -0.39 is 75.7 Å². The van der Waals surface area contributed by atoms with Crippen LogP contribution >= 0.6 is 7.82 Å². The van der Waals surface area contributed by atoms with E-state index in [1.807, 2.05) is 0 Å². The van der Waals surface area contributed by atoms with Crippen LogP contribution in [0.4, 0.5) is 0 Å². The minimum absolute atomic E-state index is 0.0477. The van der Waals surface area contributed by atoms with Crippen molar-refractivity contribution in [2.45, 2.75) is 198 Å². The summed E-state index contributed by atoms with van der Waals surface area (Å²) < 4.78 is 33.4. The quantitative estimate of drug-likeness (QED) is 0.0154. The van der Waals surface area contributed by atoms with Crippen molar-refractivity contribution >= 4 is 19.8 Å². The first-order valence-electron chi connectivity index (χ1n) is 22.1. The average Bonchev–Trinajstić information content (AvgIpc) is 3.21. The first-order valence-corrected chi connectivity index (χ1v) is 23.6. The lowest BCUT2D eigenvalue weighted by atomic mass is 9.85. The Morgan fingerprint density at radius 1 is 0.542 bits per heavy atom. The molecule has 0 radical (unpaired) electrons. The second kappa shape index (κ2) is 35.2. The molecule has 1 aliphatic carbocycles. The zero-order chi connectivity index (χ0) is 43.6. The highest BCUT2D eigenvalue weighted by atomic mass is 31.2. The van der Waals surface area contributed by atoms with Crippen LogP contribution in [0.15, 0.2) is 60.8 Å². The van der Waals surface area contributed by atoms with Gasteiger partial charge in [0.15, 0.2) is 6.10 Å². The lowest BCUT2D eigenvalue weighted by Crippen LogP contribution is -2.64. The zero-order valence-electron chi connectivity index (χ0n) is 35.8. The second-order valence-electron chi connectivity index (χ2n) is 15.2. The van der Waals surface area contributed by atoms with Gasteiger partial charge in [0.05, 0.1) is 6.61 Å². The number of aliphatic hydroxyl groups excluding tert-OH is 5. The molecule has 0 amide bonds. The Balaban J connectivity index is 2.52. The lowest BCUT2D eigenvalue weighted by Gasteiger charge is -2.41. The van der Waals surface area contributed by atoms with Crippen LogP contribution in [0.5, 0.6) is 0 Å². The summed E-state index contributed by atoms with van der Waals surface area (Å²) in [6.45, 7) is 3.12. The number of carbonyl (C=O) groups excluding carboxylic acids is 2. The highest BCUT2D eigenvalue weighted by Gasteiger charge is 2.51. The van der Waals surface area contributed by atoms with Crippen LogP contribution in [0, 0.1) is 0 Å². The lowest BCUT2D eigenvalue weighted by molar-refractivity contribution is -0.220. The largest absolute Gasteiger partial charge is 0.472 e. The Hall–Kier alpha value is -2.45. The molecule has 0 aliphatic heterocycles. The predicted octanol–water partition coefficient (Wildman–Crippen LogP) is 8.16. The SMILES string of the molecule is CC/C=C/C/C=C/C/C=C/CCCCCCCC(=O)OC[C@H](COP(=O)(O)OC1C(O)C(O)C(O)[C@@H](O)C1O)OC(=O)CCCC/C=C/C/C=C/CCCCCCCC. The topological polar surface area (TPSA) is 210 Å². The molecule has 6 unspecified atom stereocenters. The molecule has 0 spiro atoms. The molecule has 1 saturated carbocycles. The van der Waals surface area contributed by atoms with Gasteiger partial charge in [-0.25, -0.2) is 4.57 Å². The number of phosphoric acid groups is 1. The van der Waals surface area contributed by atoms with Crippen LogP contribution < -0.4 is 0 Å². The number of phosphoric ester groups is 1. The fourth-order valence-corrected chi connectivity index (χ4v) is 7.24. The number of hydrogen-bond donors (Lipinski definition) is 6. The molecule has 0 saturated heterocycles. The normalized spacial score (nSPS) is 22.9. The molecule has 0 heterocycles.